The van der Waals surface area contributed by atoms with Crippen LogP contribution in [0.2, 0.25) is 0 Å². The molecule has 18 heavy (non-hydrogen) atoms. The Morgan fingerprint density at radius 2 is 2.33 bits per heavy atom. The van der Waals surface area contributed by atoms with Crippen molar-refractivity contribution in [2.75, 3.05) is 25.1 Å². The Hall–Kier alpha value is -2.09. The molecule has 0 fully saturated rings. The second-order valence-corrected chi connectivity index (χ2v) is 3.41. The van der Waals surface area contributed by atoms with E-state index in [1.807, 2.05) is 6.92 Å². The Labute approximate surface area is 104 Å². The van der Waals surface area contributed by atoms with Gasteiger partial charge in [-0.25, -0.2) is 9.59 Å². The number of hydrogen-bond acceptors (Lipinski definition) is 4. The van der Waals surface area contributed by atoms with E-state index in [2.05, 4.69) is 15.7 Å². The van der Waals surface area contributed by atoms with Crippen LogP contribution in [0, 0.1) is 0 Å². The average Bonchev–Trinajstić information content (AvgIpc) is 2.76. The van der Waals surface area contributed by atoms with Gasteiger partial charge in [0.05, 0.1) is 18.5 Å². The maximum Gasteiger partial charge on any atom is 0.329 e. The van der Waals surface area contributed by atoms with Gasteiger partial charge in [-0.1, -0.05) is 0 Å². The predicted molar refractivity (Wildman–Crippen MR) is 63.4 cm³/mol. The van der Waals surface area contributed by atoms with Gasteiger partial charge in [-0.2, -0.15) is 5.10 Å². The van der Waals surface area contributed by atoms with Crippen LogP contribution in [0.5, 0.6) is 0 Å². The Bertz CT molecular complexity index is 404. The van der Waals surface area contributed by atoms with E-state index < -0.39 is 5.97 Å². The first-order valence-electron chi connectivity index (χ1n) is 5.48. The van der Waals surface area contributed by atoms with Crippen LogP contribution >= 0.6 is 0 Å². The van der Waals surface area contributed by atoms with Crippen molar-refractivity contribution in [1.82, 2.24) is 15.1 Å². The Morgan fingerprint density at radius 3 is 2.94 bits per heavy atom. The number of rotatable bonds is 7. The molecule has 8 heteroatoms. The summed E-state index contributed by atoms with van der Waals surface area (Å²) < 4.78 is 6.44. The van der Waals surface area contributed by atoms with Gasteiger partial charge in [-0.15, -0.1) is 0 Å². The minimum absolute atomic E-state index is 0.147. The lowest BCUT2D eigenvalue weighted by Crippen LogP contribution is -2.31. The van der Waals surface area contributed by atoms with Crippen LogP contribution in [0.15, 0.2) is 12.4 Å². The van der Waals surface area contributed by atoms with Crippen molar-refractivity contribution in [2.24, 2.45) is 0 Å². The fraction of sp³-hybridized carbons (Fsp3) is 0.500. The van der Waals surface area contributed by atoms with E-state index in [1.165, 1.54) is 0 Å². The molecule has 0 saturated carbocycles. The average molecular weight is 256 g/mol. The van der Waals surface area contributed by atoms with Gasteiger partial charge >= 0.3 is 12.0 Å². The molecule has 0 aliphatic heterocycles. The maximum atomic E-state index is 11.4. The number of nitrogens with one attached hydrogen (secondary N) is 2. The molecule has 0 bridgehead atoms. The summed E-state index contributed by atoms with van der Waals surface area (Å²) in [6.45, 7) is 2.69. The molecular weight excluding hydrogens is 240 g/mol. The molecule has 1 aromatic heterocycles. The molecule has 100 valence electrons. The van der Waals surface area contributed by atoms with Gasteiger partial charge in [0.25, 0.3) is 0 Å². The maximum absolute atomic E-state index is 11.4. The Balaban J connectivity index is 2.15. The summed E-state index contributed by atoms with van der Waals surface area (Å²) in [4.78, 5) is 21.5. The number of anilines is 1. The standard InChI is InChI=1S/C10H16N4O4/c1-2-14-6-8(5-12-14)13-10(17)11-3-4-18-7-9(15)16/h5-6H,2-4,7H2,1H3,(H,15,16)(H2,11,13,17). The van der Waals surface area contributed by atoms with Gasteiger partial charge in [-0.3, -0.25) is 4.68 Å². The minimum Gasteiger partial charge on any atom is -0.480 e. The van der Waals surface area contributed by atoms with Crippen LogP contribution in [0.25, 0.3) is 0 Å². The smallest absolute Gasteiger partial charge is 0.329 e. The van der Waals surface area contributed by atoms with E-state index in [4.69, 9.17) is 9.84 Å². The normalized spacial score (nSPS) is 10.1. The third-order valence-corrected chi connectivity index (χ3v) is 1.97. The Morgan fingerprint density at radius 1 is 1.56 bits per heavy atom. The van der Waals surface area contributed by atoms with Crippen LogP contribution in [0.4, 0.5) is 10.5 Å². The number of carbonyl (C=O) groups excluding carboxylic acids is 1. The van der Waals surface area contributed by atoms with Gasteiger partial charge in [0.1, 0.15) is 6.61 Å². The largest absolute Gasteiger partial charge is 0.480 e. The first-order chi connectivity index (χ1) is 8.61. The number of carbonyl (C=O) groups is 2. The zero-order valence-corrected chi connectivity index (χ0v) is 10.0. The number of urea groups is 1. The highest BCUT2D eigenvalue weighted by Crippen LogP contribution is 2.03. The van der Waals surface area contributed by atoms with E-state index in [0.29, 0.717) is 5.69 Å². The van der Waals surface area contributed by atoms with Crippen molar-refractivity contribution >= 4 is 17.7 Å². The number of carboxylic acid groups (broad SMARTS) is 1. The number of nitrogens with zero attached hydrogens (tertiary/aromatic N) is 2. The topological polar surface area (TPSA) is 105 Å². The minimum atomic E-state index is -1.04. The second kappa shape index (κ2) is 7.28. The SMILES string of the molecule is CCn1cc(NC(=O)NCCOCC(=O)O)cn1. The number of aromatic nitrogens is 2. The first kappa shape index (κ1) is 14.0. The van der Waals surface area contributed by atoms with E-state index in [9.17, 15) is 9.59 Å². The van der Waals surface area contributed by atoms with Gasteiger partial charge < -0.3 is 20.5 Å². The van der Waals surface area contributed by atoms with Crippen LogP contribution in [-0.4, -0.2) is 46.6 Å². The molecule has 3 N–H and O–H groups in total. The third kappa shape index (κ3) is 5.30. The van der Waals surface area contributed by atoms with Gasteiger partial charge in [0.2, 0.25) is 0 Å². The predicted octanol–water partition coefficient (Wildman–Crippen LogP) is 0.126. The fourth-order valence-corrected chi connectivity index (χ4v) is 1.17. The molecular formula is C10H16N4O4. The molecule has 0 aliphatic carbocycles. The number of aliphatic carboxylic acids is 1. The molecule has 2 amide bonds. The highest BCUT2D eigenvalue weighted by Gasteiger charge is 2.03. The summed E-state index contributed by atoms with van der Waals surface area (Å²) in [5.41, 5.74) is 0.598. The monoisotopic (exact) mass is 256 g/mol. The highest BCUT2D eigenvalue weighted by molar-refractivity contribution is 5.88. The summed E-state index contributed by atoms with van der Waals surface area (Å²) in [6.07, 6.45) is 3.25. The molecule has 1 rings (SSSR count). The summed E-state index contributed by atoms with van der Waals surface area (Å²) >= 11 is 0. The van der Waals surface area contributed by atoms with Crippen LogP contribution in [0.1, 0.15) is 6.92 Å². The van der Waals surface area contributed by atoms with E-state index >= 15 is 0 Å². The lowest BCUT2D eigenvalue weighted by Gasteiger charge is -2.05. The lowest BCUT2D eigenvalue weighted by atomic mass is 10.5. The molecule has 1 heterocycles. The molecule has 8 nitrogen and oxygen atoms in total. The third-order valence-electron chi connectivity index (χ3n) is 1.97. The van der Waals surface area contributed by atoms with Crippen molar-refractivity contribution in [3.8, 4) is 0 Å². The van der Waals surface area contributed by atoms with Gasteiger partial charge in [0.15, 0.2) is 0 Å². The van der Waals surface area contributed by atoms with Crippen molar-refractivity contribution in [2.45, 2.75) is 13.5 Å². The number of carboxylic acids is 1. The van der Waals surface area contributed by atoms with E-state index in [0.717, 1.165) is 6.54 Å². The zero-order valence-electron chi connectivity index (χ0n) is 10.0. The van der Waals surface area contributed by atoms with Crippen LogP contribution < -0.4 is 10.6 Å². The van der Waals surface area contributed by atoms with Crippen LogP contribution in [0.3, 0.4) is 0 Å². The number of aryl methyl sites for hydroxylation is 1. The molecule has 0 spiro atoms. The van der Waals surface area contributed by atoms with Crippen molar-refractivity contribution < 1.29 is 19.4 Å². The zero-order chi connectivity index (χ0) is 13.4. The number of hydrogen-bond donors (Lipinski definition) is 3. The molecule has 0 atom stereocenters. The van der Waals surface area contributed by atoms with Gasteiger partial charge in [-0.05, 0) is 6.92 Å². The molecule has 0 unspecified atom stereocenters. The van der Waals surface area contributed by atoms with Crippen molar-refractivity contribution in [3.63, 3.8) is 0 Å². The summed E-state index contributed by atoms with van der Waals surface area (Å²) in [6, 6.07) is -0.385. The van der Waals surface area contributed by atoms with Crippen LogP contribution in [-0.2, 0) is 16.1 Å². The fourth-order valence-electron chi connectivity index (χ4n) is 1.17. The summed E-state index contributed by atoms with van der Waals surface area (Å²) in [5.74, 6) is -1.04. The second-order valence-electron chi connectivity index (χ2n) is 3.41. The summed E-state index contributed by atoms with van der Waals surface area (Å²) in [7, 11) is 0. The molecule has 0 saturated heterocycles. The van der Waals surface area contributed by atoms with E-state index in [1.54, 1.807) is 17.1 Å². The van der Waals surface area contributed by atoms with Crippen molar-refractivity contribution in [3.05, 3.63) is 12.4 Å². The molecule has 1 aromatic rings. The number of ether oxygens (including phenoxy) is 1. The molecule has 0 radical (unpaired) electrons. The van der Waals surface area contributed by atoms with Crippen molar-refractivity contribution in [1.29, 1.82) is 0 Å². The Kier molecular flexibility index (Phi) is 5.65. The van der Waals surface area contributed by atoms with Gasteiger partial charge in [0, 0.05) is 19.3 Å². The lowest BCUT2D eigenvalue weighted by molar-refractivity contribution is -0.142. The molecule has 0 aliphatic rings. The summed E-state index contributed by atoms with van der Waals surface area (Å²) in [5, 5.41) is 17.4. The number of amides is 2. The quantitative estimate of drug-likeness (QED) is 0.601. The first-order valence-corrected chi connectivity index (χ1v) is 5.48. The van der Waals surface area contributed by atoms with E-state index in [-0.39, 0.29) is 25.8 Å². The highest BCUT2D eigenvalue weighted by atomic mass is 16.5. The molecule has 0 aromatic carbocycles.